The van der Waals surface area contributed by atoms with E-state index in [-0.39, 0.29) is 24.5 Å². The van der Waals surface area contributed by atoms with Gasteiger partial charge in [-0.25, -0.2) is 0 Å². The normalized spacial score (nSPS) is 11.7. The highest BCUT2D eigenvalue weighted by atomic mass is 16.5. The molecule has 2 amide bonds. The summed E-state index contributed by atoms with van der Waals surface area (Å²) in [6, 6.07) is 24.7. The Labute approximate surface area is 202 Å². The van der Waals surface area contributed by atoms with Gasteiger partial charge in [0.25, 0.3) is 5.91 Å². The van der Waals surface area contributed by atoms with Crippen molar-refractivity contribution in [2.45, 2.75) is 52.7 Å². The van der Waals surface area contributed by atoms with E-state index in [1.54, 1.807) is 4.90 Å². The number of nitrogens with zero attached hydrogens (tertiary/aromatic N) is 1. The van der Waals surface area contributed by atoms with Gasteiger partial charge in [0, 0.05) is 19.0 Å². The Hall–Kier alpha value is -3.60. The summed E-state index contributed by atoms with van der Waals surface area (Å²) in [4.78, 5) is 28.5. The quantitative estimate of drug-likeness (QED) is 0.473. The summed E-state index contributed by atoms with van der Waals surface area (Å²) in [5, 5.41) is 3.00. The number of carbonyl (C=O) groups is 2. The van der Waals surface area contributed by atoms with Crippen molar-refractivity contribution in [3.8, 4) is 5.75 Å². The zero-order chi connectivity index (χ0) is 24.5. The predicted octanol–water partition coefficient (Wildman–Crippen LogP) is 4.85. The number of nitrogens with one attached hydrogen (secondary N) is 1. The molecule has 0 aliphatic heterocycles. The number of hydrogen-bond donors (Lipinski definition) is 1. The zero-order valence-corrected chi connectivity index (χ0v) is 20.5. The Balaban J connectivity index is 1.89. The summed E-state index contributed by atoms with van der Waals surface area (Å²) < 4.78 is 5.80. The predicted molar refractivity (Wildman–Crippen MR) is 136 cm³/mol. The van der Waals surface area contributed by atoms with E-state index in [0.717, 1.165) is 22.3 Å². The number of benzene rings is 3. The summed E-state index contributed by atoms with van der Waals surface area (Å²) in [6.07, 6.45) is 0.418. The molecule has 34 heavy (non-hydrogen) atoms. The van der Waals surface area contributed by atoms with Gasteiger partial charge in [0.2, 0.25) is 5.91 Å². The molecule has 3 rings (SSSR count). The van der Waals surface area contributed by atoms with Gasteiger partial charge in [-0.05, 0) is 51.0 Å². The molecule has 0 heterocycles. The Morgan fingerprint density at radius 2 is 1.41 bits per heavy atom. The highest BCUT2D eigenvalue weighted by molar-refractivity contribution is 5.88. The molecule has 3 aromatic carbocycles. The van der Waals surface area contributed by atoms with Gasteiger partial charge in [-0.3, -0.25) is 9.59 Å². The Kier molecular flexibility index (Phi) is 8.86. The third-order valence-electron chi connectivity index (χ3n) is 5.56. The van der Waals surface area contributed by atoms with Crippen LogP contribution in [-0.2, 0) is 22.6 Å². The molecule has 0 aliphatic rings. The van der Waals surface area contributed by atoms with E-state index in [1.807, 2.05) is 107 Å². The molecule has 0 saturated carbocycles. The first-order valence-corrected chi connectivity index (χ1v) is 11.7. The smallest absolute Gasteiger partial charge is 0.261 e. The summed E-state index contributed by atoms with van der Waals surface area (Å²) in [6.45, 7) is 8.04. The number of carbonyl (C=O) groups excluding carboxylic acids is 2. The second kappa shape index (κ2) is 12.0. The first kappa shape index (κ1) is 25.0. The van der Waals surface area contributed by atoms with E-state index in [9.17, 15) is 9.59 Å². The Morgan fingerprint density at radius 1 is 0.824 bits per heavy atom. The maximum atomic E-state index is 13.5. The third-order valence-corrected chi connectivity index (χ3v) is 5.56. The fourth-order valence-electron chi connectivity index (χ4n) is 3.69. The van der Waals surface area contributed by atoms with E-state index >= 15 is 0 Å². The minimum Gasteiger partial charge on any atom is -0.484 e. The van der Waals surface area contributed by atoms with Crippen molar-refractivity contribution in [2.75, 3.05) is 6.61 Å². The van der Waals surface area contributed by atoms with Crippen LogP contribution in [0.15, 0.2) is 78.9 Å². The highest BCUT2D eigenvalue weighted by Crippen LogP contribution is 2.17. The largest absolute Gasteiger partial charge is 0.484 e. The molecule has 0 aromatic heterocycles. The van der Waals surface area contributed by atoms with Crippen molar-refractivity contribution >= 4 is 11.8 Å². The summed E-state index contributed by atoms with van der Waals surface area (Å²) >= 11 is 0. The first-order valence-electron chi connectivity index (χ1n) is 11.7. The van der Waals surface area contributed by atoms with Gasteiger partial charge in [0.05, 0.1) is 0 Å². The lowest BCUT2D eigenvalue weighted by atomic mass is 10.0. The average molecular weight is 459 g/mol. The van der Waals surface area contributed by atoms with E-state index < -0.39 is 6.04 Å². The average Bonchev–Trinajstić information content (AvgIpc) is 2.82. The van der Waals surface area contributed by atoms with Gasteiger partial charge in [0.1, 0.15) is 11.8 Å². The third kappa shape index (κ3) is 7.48. The minimum absolute atomic E-state index is 0.0362. The maximum absolute atomic E-state index is 13.5. The summed E-state index contributed by atoms with van der Waals surface area (Å²) in [5.41, 5.74) is 4.22. The van der Waals surface area contributed by atoms with Crippen molar-refractivity contribution in [3.63, 3.8) is 0 Å². The van der Waals surface area contributed by atoms with Gasteiger partial charge in [0.15, 0.2) is 6.61 Å². The molecule has 5 heteroatoms. The van der Waals surface area contributed by atoms with Gasteiger partial charge in [-0.1, -0.05) is 77.9 Å². The molecule has 0 spiro atoms. The van der Waals surface area contributed by atoms with Crippen molar-refractivity contribution in [2.24, 2.45) is 0 Å². The van der Waals surface area contributed by atoms with Gasteiger partial charge in [-0.2, -0.15) is 0 Å². The van der Waals surface area contributed by atoms with Crippen LogP contribution in [0, 0.1) is 13.8 Å². The van der Waals surface area contributed by atoms with Crippen molar-refractivity contribution in [3.05, 3.63) is 101 Å². The van der Waals surface area contributed by atoms with Crippen LogP contribution in [0.25, 0.3) is 0 Å². The van der Waals surface area contributed by atoms with Crippen molar-refractivity contribution < 1.29 is 14.3 Å². The van der Waals surface area contributed by atoms with Crippen LogP contribution < -0.4 is 10.1 Å². The summed E-state index contributed by atoms with van der Waals surface area (Å²) in [7, 11) is 0. The summed E-state index contributed by atoms with van der Waals surface area (Å²) in [5.74, 6) is 0.219. The molecule has 178 valence electrons. The van der Waals surface area contributed by atoms with Gasteiger partial charge in [-0.15, -0.1) is 0 Å². The fraction of sp³-hybridized carbons (Fsp3) is 0.310. The number of hydrogen-bond acceptors (Lipinski definition) is 3. The minimum atomic E-state index is -0.666. The van der Waals surface area contributed by atoms with Crippen LogP contribution in [0.1, 0.15) is 36.1 Å². The fourth-order valence-corrected chi connectivity index (χ4v) is 3.69. The second-order valence-corrected chi connectivity index (χ2v) is 8.98. The van der Waals surface area contributed by atoms with Crippen molar-refractivity contribution in [1.82, 2.24) is 10.2 Å². The number of rotatable bonds is 10. The van der Waals surface area contributed by atoms with Crippen LogP contribution in [0.4, 0.5) is 0 Å². The van der Waals surface area contributed by atoms with Crippen LogP contribution in [0.3, 0.4) is 0 Å². The Bertz CT molecular complexity index is 1060. The van der Waals surface area contributed by atoms with Gasteiger partial charge >= 0.3 is 0 Å². The van der Waals surface area contributed by atoms with E-state index in [0.29, 0.717) is 18.7 Å². The molecule has 1 atom stereocenters. The maximum Gasteiger partial charge on any atom is 0.261 e. The molecule has 3 aromatic rings. The molecule has 0 unspecified atom stereocenters. The monoisotopic (exact) mass is 458 g/mol. The highest BCUT2D eigenvalue weighted by Gasteiger charge is 2.31. The first-order chi connectivity index (χ1) is 16.3. The lowest BCUT2D eigenvalue weighted by Crippen LogP contribution is -2.52. The zero-order valence-electron chi connectivity index (χ0n) is 20.5. The van der Waals surface area contributed by atoms with E-state index in [2.05, 4.69) is 5.32 Å². The van der Waals surface area contributed by atoms with Crippen LogP contribution in [0.5, 0.6) is 5.75 Å². The second-order valence-electron chi connectivity index (χ2n) is 8.98. The van der Waals surface area contributed by atoms with Crippen LogP contribution in [0.2, 0.25) is 0 Å². The number of ether oxygens (including phenoxy) is 1. The molecular formula is C29H34N2O3. The molecule has 1 N–H and O–H groups in total. The molecule has 0 aliphatic carbocycles. The van der Waals surface area contributed by atoms with E-state index in [4.69, 9.17) is 4.74 Å². The van der Waals surface area contributed by atoms with Crippen LogP contribution >= 0.6 is 0 Å². The molecule has 0 saturated heterocycles. The van der Waals surface area contributed by atoms with Crippen LogP contribution in [-0.4, -0.2) is 35.4 Å². The van der Waals surface area contributed by atoms with E-state index in [1.165, 1.54) is 0 Å². The standard InChI is InChI=1S/C29H34N2O3/c1-21(2)30-29(33)27(18-24-8-6-5-7-9-24)31(19-25-14-10-22(3)11-15-25)28(32)20-34-26-16-12-23(4)13-17-26/h5-17,21,27H,18-20H2,1-4H3,(H,30,33)/t27-/m0/s1. The lowest BCUT2D eigenvalue weighted by molar-refractivity contribution is -0.143. The molecule has 5 nitrogen and oxygen atoms in total. The van der Waals surface area contributed by atoms with Gasteiger partial charge < -0.3 is 15.0 Å². The SMILES string of the molecule is Cc1ccc(CN(C(=O)COc2ccc(C)cc2)[C@@H](Cc2ccccc2)C(=O)NC(C)C)cc1. The topological polar surface area (TPSA) is 58.6 Å². The molecule has 0 radical (unpaired) electrons. The number of amides is 2. The molecule has 0 bridgehead atoms. The molecular weight excluding hydrogens is 424 g/mol. The number of aryl methyl sites for hydroxylation is 2. The lowest BCUT2D eigenvalue weighted by Gasteiger charge is -2.32. The molecule has 0 fully saturated rings. The van der Waals surface area contributed by atoms with Crippen molar-refractivity contribution in [1.29, 1.82) is 0 Å². The Morgan fingerprint density at radius 3 is 2.00 bits per heavy atom.